The third-order valence-electron chi connectivity index (χ3n) is 3.25. The molecular weight excluding hydrogens is 380 g/mol. The van der Waals surface area contributed by atoms with Crippen LogP contribution < -0.4 is 10.6 Å². The van der Waals surface area contributed by atoms with Crippen molar-refractivity contribution >= 4 is 58.3 Å². The quantitative estimate of drug-likeness (QED) is 0.526. The van der Waals surface area contributed by atoms with E-state index in [1.54, 1.807) is 31.2 Å². The van der Waals surface area contributed by atoms with E-state index in [2.05, 4.69) is 10.6 Å². The molecule has 5 nitrogen and oxygen atoms in total. The van der Waals surface area contributed by atoms with Crippen LogP contribution in [0.25, 0.3) is 0 Å². The summed E-state index contributed by atoms with van der Waals surface area (Å²) in [5.41, 5.74) is 1.26. The predicted octanol–water partition coefficient (Wildman–Crippen LogP) is 3.95. The van der Waals surface area contributed by atoms with E-state index in [0.717, 1.165) is 4.90 Å². The first-order chi connectivity index (χ1) is 11.9. The predicted molar refractivity (Wildman–Crippen MR) is 105 cm³/mol. The molecule has 0 aliphatic rings. The Bertz CT molecular complexity index is 810. The summed E-state index contributed by atoms with van der Waals surface area (Å²) in [6.07, 6.45) is 0. The van der Waals surface area contributed by atoms with E-state index in [1.807, 2.05) is 12.1 Å². The summed E-state index contributed by atoms with van der Waals surface area (Å²) in [6, 6.07) is 12.0. The Morgan fingerprint density at radius 3 is 2.52 bits per heavy atom. The van der Waals surface area contributed by atoms with Crippen LogP contribution in [0.5, 0.6) is 0 Å². The molecule has 0 radical (unpaired) electrons. The number of benzene rings is 2. The van der Waals surface area contributed by atoms with Crippen molar-refractivity contribution in [2.45, 2.75) is 11.8 Å². The second-order valence-electron chi connectivity index (χ2n) is 5.03. The van der Waals surface area contributed by atoms with Crippen molar-refractivity contribution in [3.8, 4) is 0 Å². The Balaban J connectivity index is 1.89. The van der Waals surface area contributed by atoms with Gasteiger partial charge in [-0.25, -0.2) is 4.79 Å². The Morgan fingerprint density at radius 2 is 1.88 bits per heavy atom. The number of halogens is 1. The molecule has 130 valence electrons. The van der Waals surface area contributed by atoms with E-state index in [9.17, 15) is 9.59 Å². The van der Waals surface area contributed by atoms with Gasteiger partial charge in [-0.2, -0.15) is 0 Å². The minimum atomic E-state index is -1.02. The van der Waals surface area contributed by atoms with Crippen molar-refractivity contribution < 1.29 is 14.7 Å². The number of carbonyl (C=O) groups is 2. The first-order valence-corrected chi connectivity index (χ1v) is 8.96. The standard InChI is InChI=1S/C17H15ClN2O3S2/c1-10-13(16(22)23)3-2-4-14(10)19-17(24)20-15(21)9-25-12-7-5-11(18)6-8-12/h2-8H,9H2,1H3,(H,22,23)(H2,19,20,21,24). The molecule has 0 fully saturated rings. The SMILES string of the molecule is Cc1c(NC(=S)NC(=O)CSc2ccc(Cl)cc2)cccc1C(=O)O. The molecule has 0 aromatic heterocycles. The normalized spacial score (nSPS) is 10.2. The Hall–Kier alpha value is -2.09. The summed E-state index contributed by atoms with van der Waals surface area (Å²) >= 11 is 12.3. The molecule has 2 rings (SSSR count). The van der Waals surface area contributed by atoms with Crippen LogP contribution in [0.2, 0.25) is 5.02 Å². The zero-order chi connectivity index (χ0) is 18.4. The van der Waals surface area contributed by atoms with Gasteiger partial charge in [0.15, 0.2) is 5.11 Å². The van der Waals surface area contributed by atoms with Crippen LogP contribution in [-0.2, 0) is 4.79 Å². The van der Waals surface area contributed by atoms with Gasteiger partial charge in [0.25, 0.3) is 0 Å². The Kier molecular flexibility index (Phi) is 6.81. The lowest BCUT2D eigenvalue weighted by Crippen LogP contribution is -2.35. The summed E-state index contributed by atoms with van der Waals surface area (Å²) in [7, 11) is 0. The highest BCUT2D eigenvalue weighted by molar-refractivity contribution is 8.00. The number of carboxylic acids is 1. The molecule has 2 aromatic carbocycles. The van der Waals surface area contributed by atoms with Crippen LogP contribution in [0.1, 0.15) is 15.9 Å². The first-order valence-electron chi connectivity index (χ1n) is 7.19. The average molecular weight is 395 g/mol. The fraction of sp³-hybridized carbons (Fsp3) is 0.118. The first kappa shape index (κ1) is 19.2. The van der Waals surface area contributed by atoms with Crippen LogP contribution >= 0.6 is 35.6 Å². The number of hydrogen-bond donors (Lipinski definition) is 3. The summed E-state index contributed by atoms with van der Waals surface area (Å²) in [5, 5.41) is 15.3. The summed E-state index contributed by atoms with van der Waals surface area (Å²) in [4.78, 5) is 24.0. The lowest BCUT2D eigenvalue weighted by atomic mass is 10.1. The van der Waals surface area contributed by atoms with Crippen LogP contribution in [0.3, 0.4) is 0 Å². The van der Waals surface area contributed by atoms with E-state index >= 15 is 0 Å². The van der Waals surface area contributed by atoms with Crippen molar-refractivity contribution in [3.63, 3.8) is 0 Å². The molecule has 0 bridgehead atoms. The van der Waals surface area contributed by atoms with Gasteiger partial charge in [-0.05, 0) is 61.1 Å². The third kappa shape index (κ3) is 5.74. The molecule has 0 unspecified atom stereocenters. The molecule has 8 heteroatoms. The number of hydrogen-bond acceptors (Lipinski definition) is 4. The molecule has 0 heterocycles. The monoisotopic (exact) mass is 394 g/mol. The van der Waals surface area contributed by atoms with Gasteiger partial charge in [-0.15, -0.1) is 11.8 Å². The third-order valence-corrected chi connectivity index (χ3v) is 4.72. The van der Waals surface area contributed by atoms with E-state index in [-0.39, 0.29) is 22.3 Å². The molecule has 25 heavy (non-hydrogen) atoms. The van der Waals surface area contributed by atoms with Crippen molar-refractivity contribution in [1.29, 1.82) is 0 Å². The van der Waals surface area contributed by atoms with Crippen LogP contribution in [-0.4, -0.2) is 27.8 Å². The van der Waals surface area contributed by atoms with Crippen molar-refractivity contribution in [1.82, 2.24) is 5.32 Å². The molecule has 0 spiro atoms. The van der Waals surface area contributed by atoms with E-state index in [4.69, 9.17) is 28.9 Å². The Labute approximate surface area is 159 Å². The smallest absolute Gasteiger partial charge is 0.336 e. The highest BCUT2D eigenvalue weighted by Gasteiger charge is 2.12. The summed E-state index contributed by atoms with van der Waals surface area (Å²) in [5.74, 6) is -1.09. The molecule has 0 atom stereocenters. The van der Waals surface area contributed by atoms with Crippen LogP contribution in [0.4, 0.5) is 5.69 Å². The Morgan fingerprint density at radius 1 is 1.20 bits per heavy atom. The van der Waals surface area contributed by atoms with E-state index in [0.29, 0.717) is 16.3 Å². The molecule has 0 aliphatic heterocycles. The van der Waals surface area contributed by atoms with Gasteiger partial charge in [-0.1, -0.05) is 17.7 Å². The zero-order valence-electron chi connectivity index (χ0n) is 13.2. The van der Waals surface area contributed by atoms with Gasteiger partial charge < -0.3 is 15.7 Å². The second-order valence-corrected chi connectivity index (χ2v) is 6.92. The van der Waals surface area contributed by atoms with E-state index in [1.165, 1.54) is 17.8 Å². The summed E-state index contributed by atoms with van der Waals surface area (Å²) in [6.45, 7) is 1.67. The number of nitrogens with one attached hydrogen (secondary N) is 2. The van der Waals surface area contributed by atoms with Gasteiger partial charge in [-0.3, -0.25) is 4.79 Å². The fourth-order valence-electron chi connectivity index (χ4n) is 2.00. The number of rotatable bonds is 5. The second kappa shape index (κ2) is 8.84. The van der Waals surface area contributed by atoms with Gasteiger partial charge in [0, 0.05) is 15.6 Å². The van der Waals surface area contributed by atoms with Crippen molar-refractivity contribution in [2.75, 3.05) is 11.1 Å². The van der Waals surface area contributed by atoms with Crippen molar-refractivity contribution in [2.24, 2.45) is 0 Å². The number of anilines is 1. The zero-order valence-corrected chi connectivity index (χ0v) is 15.6. The average Bonchev–Trinajstić information content (AvgIpc) is 2.56. The van der Waals surface area contributed by atoms with Crippen LogP contribution in [0.15, 0.2) is 47.4 Å². The largest absolute Gasteiger partial charge is 0.478 e. The molecule has 0 aliphatic carbocycles. The van der Waals surface area contributed by atoms with Gasteiger partial charge >= 0.3 is 5.97 Å². The lowest BCUT2D eigenvalue weighted by molar-refractivity contribution is -0.117. The maximum atomic E-state index is 12.0. The minimum absolute atomic E-state index is 0.118. The highest BCUT2D eigenvalue weighted by Crippen LogP contribution is 2.20. The fourth-order valence-corrected chi connectivity index (χ4v) is 3.05. The van der Waals surface area contributed by atoms with Gasteiger partial charge in [0.05, 0.1) is 11.3 Å². The topological polar surface area (TPSA) is 78.4 Å². The number of carboxylic acid groups (broad SMARTS) is 1. The minimum Gasteiger partial charge on any atom is -0.478 e. The van der Waals surface area contributed by atoms with E-state index < -0.39 is 5.97 Å². The number of carbonyl (C=O) groups excluding carboxylic acids is 1. The lowest BCUT2D eigenvalue weighted by Gasteiger charge is -2.13. The van der Waals surface area contributed by atoms with Crippen LogP contribution in [0, 0.1) is 6.92 Å². The molecule has 1 amide bonds. The van der Waals surface area contributed by atoms with Gasteiger partial charge in [0.1, 0.15) is 0 Å². The molecule has 2 aromatic rings. The highest BCUT2D eigenvalue weighted by atomic mass is 35.5. The molecule has 0 saturated carbocycles. The summed E-state index contributed by atoms with van der Waals surface area (Å²) < 4.78 is 0. The number of aromatic carboxylic acids is 1. The maximum Gasteiger partial charge on any atom is 0.336 e. The molecular formula is C17H15ClN2O3S2. The van der Waals surface area contributed by atoms with Crippen molar-refractivity contribution in [3.05, 3.63) is 58.6 Å². The molecule has 0 saturated heterocycles. The maximum absolute atomic E-state index is 12.0. The number of thioether (sulfide) groups is 1. The number of thiocarbonyl (C=S) groups is 1. The molecule has 3 N–H and O–H groups in total. The number of amides is 1. The van der Waals surface area contributed by atoms with Gasteiger partial charge in [0.2, 0.25) is 5.91 Å².